The van der Waals surface area contributed by atoms with E-state index in [0.29, 0.717) is 12.5 Å². The largest absolute Gasteiger partial charge is 0.392 e. The van der Waals surface area contributed by atoms with Gasteiger partial charge in [-0.3, -0.25) is 0 Å². The highest BCUT2D eigenvalue weighted by molar-refractivity contribution is 7.11. The van der Waals surface area contributed by atoms with Crippen LogP contribution >= 0.6 is 11.3 Å². The Bertz CT molecular complexity index is 271. The zero-order valence-corrected chi connectivity index (χ0v) is 9.77. The zero-order chi connectivity index (χ0) is 10.6. The van der Waals surface area contributed by atoms with Gasteiger partial charge in [0.2, 0.25) is 0 Å². The minimum Gasteiger partial charge on any atom is -0.392 e. The molecule has 0 fully saturated rings. The molecule has 0 aliphatic carbocycles. The molecule has 80 valence electrons. The van der Waals surface area contributed by atoms with Crippen LogP contribution in [0.5, 0.6) is 0 Å². The Labute approximate surface area is 89.2 Å². The molecule has 0 aliphatic rings. The summed E-state index contributed by atoms with van der Waals surface area (Å²) in [5.41, 5.74) is 0. The summed E-state index contributed by atoms with van der Waals surface area (Å²) in [5, 5.41) is 13.3. The van der Waals surface area contributed by atoms with Gasteiger partial charge in [-0.25, -0.2) is 4.98 Å². The molecule has 1 atom stereocenters. The van der Waals surface area contributed by atoms with Crippen LogP contribution < -0.4 is 5.32 Å². The van der Waals surface area contributed by atoms with Crippen molar-refractivity contribution in [1.82, 2.24) is 10.3 Å². The summed E-state index contributed by atoms with van der Waals surface area (Å²) in [6.07, 6.45) is 1.65. The van der Waals surface area contributed by atoms with E-state index in [9.17, 15) is 0 Å². The minimum absolute atomic E-state index is 0.292. The molecule has 3 nitrogen and oxygen atoms in total. The second-order valence-electron chi connectivity index (χ2n) is 3.79. The van der Waals surface area contributed by atoms with Crippen LogP contribution in [0.3, 0.4) is 0 Å². The number of nitrogens with zero attached hydrogens (tertiary/aromatic N) is 1. The van der Waals surface area contributed by atoms with Crippen LogP contribution in [-0.4, -0.2) is 22.7 Å². The third-order valence-electron chi connectivity index (χ3n) is 1.86. The molecule has 0 spiro atoms. The van der Waals surface area contributed by atoms with E-state index < -0.39 is 0 Å². The fourth-order valence-corrected chi connectivity index (χ4v) is 1.95. The van der Waals surface area contributed by atoms with Crippen molar-refractivity contribution in [2.24, 2.45) is 0 Å². The highest BCUT2D eigenvalue weighted by Gasteiger charge is 2.05. The monoisotopic (exact) mass is 214 g/mol. The van der Waals surface area contributed by atoms with Gasteiger partial charge in [0.15, 0.2) is 0 Å². The van der Waals surface area contributed by atoms with Gasteiger partial charge in [-0.05, 0) is 12.8 Å². The lowest BCUT2D eigenvalue weighted by molar-refractivity contribution is 0.191. The molecule has 0 radical (unpaired) electrons. The Morgan fingerprint density at radius 3 is 2.71 bits per heavy atom. The highest BCUT2D eigenvalue weighted by atomic mass is 32.1. The maximum absolute atomic E-state index is 9.04. The number of hydrogen-bond donors (Lipinski definition) is 2. The Morgan fingerprint density at radius 2 is 2.21 bits per heavy atom. The molecule has 1 aromatic heterocycles. The normalized spacial score (nSPS) is 13.5. The van der Waals surface area contributed by atoms with Crippen LogP contribution in [0, 0.1) is 0 Å². The summed E-state index contributed by atoms with van der Waals surface area (Å²) >= 11 is 1.74. The summed E-state index contributed by atoms with van der Waals surface area (Å²) in [7, 11) is 0. The van der Waals surface area contributed by atoms with Crippen LogP contribution in [0.4, 0.5) is 0 Å². The van der Waals surface area contributed by atoms with E-state index in [1.54, 1.807) is 18.3 Å². The van der Waals surface area contributed by atoms with E-state index >= 15 is 0 Å². The number of hydrogen-bond acceptors (Lipinski definition) is 4. The predicted octanol–water partition coefficient (Wildman–Crippen LogP) is 1.74. The lowest BCUT2D eigenvalue weighted by Crippen LogP contribution is -2.23. The zero-order valence-electron chi connectivity index (χ0n) is 8.95. The molecule has 14 heavy (non-hydrogen) atoms. The second kappa shape index (κ2) is 5.44. The smallest absolute Gasteiger partial charge is 0.107 e. The number of aliphatic hydroxyl groups excluding tert-OH is 1. The van der Waals surface area contributed by atoms with Gasteiger partial charge < -0.3 is 10.4 Å². The molecular formula is C10H18N2OS. The lowest BCUT2D eigenvalue weighted by atomic mass is 10.2. The third-order valence-corrected chi connectivity index (χ3v) is 3.15. The average molecular weight is 214 g/mol. The minimum atomic E-state index is -0.292. The van der Waals surface area contributed by atoms with Gasteiger partial charge in [0.25, 0.3) is 0 Å². The first-order valence-corrected chi connectivity index (χ1v) is 5.74. The Hall–Kier alpha value is -0.450. The molecule has 4 heteroatoms. The van der Waals surface area contributed by atoms with Crippen molar-refractivity contribution in [3.63, 3.8) is 0 Å². The maximum atomic E-state index is 9.04. The van der Waals surface area contributed by atoms with Gasteiger partial charge in [0.05, 0.1) is 6.10 Å². The van der Waals surface area contributed by atoms with Crippen molar-refractivity contribution in [2.75, 3.05) is 6.54 Å². The Balaban J connectivity index is 2.36. The van der Waals surface area contributed by atoms with Crippen molar-refractivity contribution < 1.29 is 5.11 Å². The molecule has 0 saturated heterocycles. The molecule has 0 bridgehead atoms. The Morgan fingerprint density at radius 1 is 1.50 bits per heavy atom. The number of aliphatic hydroxyl groups is 1. The molecular weight excluding hydrogens is 196 g/mol. The van der Waals surface area contributed by atoms with Gasteiger partial charge >= 0.3 is 0 Å². The summed E-state index contributed by atoms with van der Waals surface area (Å²) in [4.78, 5) is 5.63. The Kier molecular flexibility index (Phi) is 4.51. The summed E-state index contributed by atoms with van der Waals surface area (Å²) in [5.74, 6) is 0.554. The maximum Gasteiger partial charge on any atom is 0.107 e. The van der Waals surface area contributed by atoms with Crippen molar-refractivity contribution >= 4 is 11.3 Å². The van der Waals surface area contributed by atoms with Crippen molar-refractivity contribution in [3.05, 3.63) is 16.1 Å². The highest BCUT2D eigenvalue weighted by Crippen LogP contribution is 2.21. The fourth-order valence-electron chi connectivity index (χ4n) is 1.06. The number of rotatable bonds is 5. The van der Waals surface area contributed by atoms with Crippen molar-refractivity contribution in [2.45, 2.75) is 39.3 Å². The molecule has 0 amide bonds. The molecule has 1 aromatic rings. The summed E-state index contributed by atoms with van der Waals surface area (Å²) in [6.45, 7) is 7.48. The van der Waals surface area contributed by atoms with Crippen LogP contribution in [-0.2, 0) is 6.54 Å². The van der Waals surface area contributed by atoms with E-state index in [4.69, 9.17) is 5.11 Å². The number of thiazole rings is 1. The first kappa shape index (κ1) is 11.6. The topological polar surface area (TPSA) is 45.2 Å². The molecule has 0 unspecified atom stereocenters. The van der Waals surface area contributed by atoms with Gasteiger partial charge in [-0.15, -0.1) is 11.3 Å². The fraction of sp³-hybridized carbons (Fsp3) is 0.700. The van der Waals surface area contributed by atoms with Crippen molar-refractivity contribution in [1.29, 1.82) is 0 Å². The van der Waals surface area contributed by atoms with Gasteiger partial charge in [0.1, 0.15) is 5.01 Å². The molecule has 1 heterocycles. The van der Waals surface area contributed by atoms with E-state index in [2.05, 4.69) is 24.1 Å². The summed E-state index contributed by atoms with van der Waals surface area (Å²) < 4.78 is 0. The van der Waals surface area contributed by atoms with Gasteiger partial charge in [0, 0.05) is 24.2 Å². The molecule has 0 saturated carbocycles. The quantitative estimate of drug-likeness (QED) is 0.784. The van der Waals surface area contributed by atoms with Gasteiger partial charge in [-0.1, -0.05) is 13.8 Å². The van der Waals surface area contributed by atoms with Crippen LogP contribution in [0.25, 0.3) is 0 Å². The lowest BCUT2D eigenvalue weighted by Gasteiger charge is -2.04. The van der Waals surface area contributed by atoms with Crippen LogP contribution in [0.15, 0.2) is 6.20 Å². The second-order valence-corrected chi connectivity index (χ2v) is 4.94. The molecule has 0 aliphatic heterocycles. The molecule has 2 N–H and O–H groups in total. The van der Waals surface area contributed by atoms with Crippen LogP contribution in [0.1, 0.15) is 36.6 Å². The van der Waals surface area contributed by atoms with Crippen molar-refractivity contribution in [3.8, 4) is 0 Å². The average Bonchev–Trinajstić information content (AvgIpc) is 2.52. The van der Waals surface area contributed by atoms with E-state index in [1.165, 1.54) is 4.88 Å². The third kappa shape index (κ3) is 3.74. The van der Waals surface area contributed by atoms with E-state index in [-0.39, 0.29) is 6.10 Å². The molecule has 1 rings (SSSR count). The molecule has 0 aromatic carbocycles. The summed E-state index contributed by atoms with van der Waals surface area (Å²) in [6, 6.07) is 0. The predicted molar refractivity (Wildman–Crippen MR) is 59.6 cm³/mol. The first-order chi connectivity index (χ1) is 6.59. The first-order valence-electron chi connectivity index (χ1n) is 4.93. The number of nitrogens with one attached hydrogen (secondary N) is 1. The van der Waals surface area contributed by atoms with Gasteiger partial charge in [-0.2, -0.15) is 0 Å². The van der Waals surface area contributed by atoms with E-state index in [1.807, 2.05) is 6.20 Å². The SMILES string of the molecule is CC(C)c1cnc(CNC[C@H](C)O)s1. The number of aromatic nitrogens is 1. The standard InChI is InChI=1S/C10H18N2OS/c1-7(2)9-5-12-10(14-9)6-11-4-8(3)13/h5,7-8,11,13H,4,6H2,1-3H3/t8-/m0/s1. The van der Waals surface area contributed by atoms with E-state index in [0.717, 1.165) is 11.6 Å². The van der Waals surface area contributed by atoms with Crippen LogP contribution in [0.2, 0.25) is 0 Å².